The standard InChI is InChI=1S/C22H34N6O6S/c1-10-17-16(11(2)29)20(32)28(17)18(21(33)34)19(10)35-12-7-13(25-9-12)14(30)8-15(31)26-3-5-27(6-4-26)22(23)24/h10-14,16-17,25,29-30H,3-9H2,1-2H3,(H3,23,24)(H,33,34)/t10-,11-,12+,13+,14?,16-,17-/m1/s1. The minimum absolute atomic E-state index is 0.00159. The number of nitrogens with two attached hydrogens (primary N) is 1. The van der Waals surface area contributed by atoms with Crippen LogP contribution in [0.1, 0.15) is 26.7 Å². The van der Waals surface area contributed by atoms with Crippen LogP contribution in [0, 0.1) is 17.2 Å². The zero-order valence-electron chi connectivity index (χ0n) is 19.9. The molecular weight excluding hydrogens is 476 g/mol. The van der Waals surface area contributed by atoms with Gasteiger partial charge in [0.2, 0.25) is 11.8 Å². The van der Waals surface area contributed by atoms with Crippen LogP contribution in [0.25, 0.3) is 0 Å². The Labute approximate surface area is 208 Å². The fourth-order valence-electron chi connectivity index (χ4n) is 5.62. The van der Waals surface area contributed by atoms with Crippen LogP contribution in [-0.4, -0.2) is 116 Å². The number of carboxylic acid groups (broad SMARTS) is 1. The molecule has 0 aromatic rings. The summed E-state index contributed by atoms with van der Waals surface area (Å²) in [6, 6.07) is -0.655. The van der Waals surface area contributed by atoms with Crippen molar-refractivity contribution in [1.82, 2.24) is 20.0 Å². The Hall–Kier alpha value is -2.35. The smallest absolute Gasteiger partial charge is 0.353 e. The van der Waals surface area contributed by atoms with Crippen LogP contribution in [0.15, 0.2) is 10.6 Å². The van der Waals surface area contributed by atoms with Crippen molar-refractivity contribution in [2.24, 2.45) is 17.6 Å². The Morgan fingerprint density at radius 3 is 2.43 bits per heavy atom. The van der Waals surface area contributed by atoms with E-state index in [9.17, 15) is 29.7 Å². The van der Waals surface area contributed by atoms with Crippen molar-refractivity contribution in [3.05, 3.63) is 10.6 Å². The molecule has 0 bridgehead atoms. The van der Waals surface area contributed by atoms with E-state index in [2.05, 4.69) is 5.32 Å². The molecule has 0 aromatic carbocycles. The van der Waals surface area contributed by atoms with E-state index in [0.29, 0.717) is 44.0 Å². The number of rotatable bonds is 7. The number of carboxylic acids is 1. The topological polar surface area (TPSA) is 184 Å². The summed E-state index contributed by atoms with van der Waals surface area (Å²) in [5.41, 5.74) is 5.49. The van der Waals surface area contributed by atoms with Gasteiger partial charge in [0, 0.05) is 54.8 Å². The van der Waals surface area contributed by atoms with Gasteiger partial charge >= 0.3 is 5.97 Å². The zero-order valence-corrected chi connectivity index (χ0v) is 20.7. The molecule has 4 aliphatic rings. The lowest BCUT2D eigenvalue weighted by Gasteiger charge is -2.46. The van der Waals surface area contributed by atoms with Gasteiger partial charge in [0.15, 0.2) is 5.96 Å². The molecule has 13 heteroatoms. The number of guanidine groups is 1. The lowest BCUT2D eigenvalue weighted by molar-refractivity contribution is -0.163. The molecule has 0 saturated carbocycles. The highest BCUT2D eigenvalue weighted by Gasteiger charge is 2.60. The normalized spacial score (nSPS) is 32.4. The number of β-lactam (4-membered cyclic amide) rings is 1. The number of carbonyl (C=O) groups excluding carboxylic acids is 2. The van der Waals surface area contributed by atoms with Crippen LogP contribution in [0.4, 0.5) is 0 Å². The second kappa shape index (κ2) is 9.96. The molecule has 12 nitrogen and oxygen atoms in total. The number of nitrogens with one attached hydrogen (secondary N) is 2. The molecule has 4 heterocycles. The Morgan fingerprint density at radius 2 is 1.86 bits per heavy atom. The average molecular weight is 511 g/mol. The molecule has 7 atom stereocenters. The number of piperazine rings is 1. The third-order valence-electron chi connectivity index (χ3n) is 7.55. The van der Waals surface area contributed by atoms with E-state index >= 15 is 0 Å². The number of hydrogen-bond donors (Lipinski definition) is 6. The molecule has 3 saturated heterocycles. The molecule has 35 heavy (non-hydrogen) atoms. The summed E-state index contributed by atoms with van der Waals surface area (Å²) in [6.45, 7) is 5.87. The van der Waals surface area contributed by atoms with E-state index in [1.165, 1.54) is 16.7 Å². The molecule has 194 valence electrons. The predicted octanol–water partition coefficient (Wildman–Crippen LogP) is -1.61. The highest BCUT2D eigenvalue weighted by Crippen LogP contribution is 2.51. The van der Waals surface area contributed by atoms with E-state index in [1.807, 2.05) is 6.92 Å². The third kappa shape index (κ3) is 4.74. The molecule has 0 radical (unpaired) electrons. The molecular formula is C22H34N6O6S. The van der Waals surface area contributed by atoms with Crippen LogP contribution < -0.4 is 11.1 Å². The van der Waals surface area contributed by atoms with Gasteiger partial charge in [0.25, 0.3) is 0 Å². The van der Waals surface area contributed by atoms with Crippen molar-refractivity contribution in [2.75, 3.05) is 32.7 Å². The number of nitrogens with zero attached hydrogens (tertiary/aromatic N) is 3. The quantitative estimate of drug-likeness (QED) is 0.132. The summed E-state index contributed by atoms with van der Waals surface area (Å²) < 4.78 is 0. The fourth-order valence-corrected chi connectivity index (χ4v) is 7.11. The van der Waals surface area contributed by atoms with E-state index in [-0.39, 0.29) is 53.1 Å². The van der Waals surface area contributed by atoms with E-state index in [1.54, 1.807) is 16.7 Å². The second-order valence-electron chi connectivity index (χ2n) is 9.79. The van der Waals surface area contributed by atoms with Gasteiger partial charge in [-0.1, -0.05) is 6.92 Å². The molecule has 4 aliphatic heterocycles. The van der Waals surface area contributed by atoms with Gasteiger partial charge in [-0.3, -0.25) is 15.0 Å². The number of hydrogen-bond acceptors (Lipinski definition) is 8. The van der Waals surface area contributed by atoms with Gasteiger partial charge in [0.05, 0.1) is 30.6 Å². The molecule has 3 fully saturated rings. The summed E-state index contributed by atoms with van der Waals surface area (Å²) in [5.74, 6) is -2.47. The van der Waals surface area contributed by atoms with Gasteiger partial charge in [-0.2, -0.15) is 0 Å². The lowest BCUT2D eigenvalue weighted by Crippen LogP contribution is -2.63. The van der Waals surface area contributed by atoms with Crippen LogP contribution in [0.2, 0.25) is 0 Å². The van der Waals surface area contributed by atoms with Crippen molar-refractivity contribution in [3.8, 4) is 0 Å². The Bertz CT molecular complexity index is 935. The highest BCUT2D eigenvalue weighted by atomic mass is 32.2. The first-order valence-corrected chi connectivity index (χ1v) is 12.8. The number of amides is 2. The van der Waals surface area contributed by atoms with Crippen molar-refractivity contribution in [1.29, 1.82) is 5.41 Å². The van der Waals surface area contributed by atoms with E-state index < -0.39 is 24.1 Å². The first-order valence-electron chi connectivity index (χ1n) is 11.9. The highest BCUT2D eigenvalue weighted by molar-refractivity contribution is 8.03. The van der Waals surface area contributed by atoms with Crippen molar-refractivity contribution >= 4 is 35.5 Å². The number of aliphatic hydroxyl groups is 2. The minimum Gasteiger partial charge on any atom is -0.477 e. The summed E-state index contributed by atoms with van der Waals surface area (Å²) in [7, 11) is 0. The number of carbonyl (C=O) groups is 3. The maximum absolute atomic E-state index is 12.7. The SMILES string of the molecule is C[C@@H](O)[C@H]1C(=O)N2C(C(=O)O)=C(S[C@@H]3CN[C@H](C(O)CC(=O)N4CCN(C(=N)N)CC4)C3)[C@H](C)[C@H]12. The number of thioether (sulfide) groups is 1. The summed E-state index contributed by atoms with van der Waals surface area (Å²) in [6.07, 6.45) is -1.19. The van der Waals surface area contributed by atoms with Crippen molar-refractivity contribution in [2.45, 2.75) is 56.2 Å². The van der Waals surface area contributed by atoms with E-state index in [0.717, 1.165) is 0 Å². The third-order valence-corrected chi connectivity index (χ3v) is 9.06. The maximum atomic E-state index is 12.7. The largest absolute Gasteiger partial charge is 0.477 e. The Morgan fingerprint density at radius 1 is 1.23 bits per heavy atom. The molecule has 2 amide bonds. The Balaban J connectivity index is 1.33. The van der Waals surface area contributed by atoms with E-state index in [4.69, 9.17) is 11.1 Å². The maximum Gasteiger partial charge on any atom is 0.353 e. The molecule has 0 aromatic heterocycles. The molecule has 4 rings (SSSR count). The molecule has 0 aliphatic carbocycles. The fraction of sp³-hybridized carbons (Fsp3) is 0.727. The van der Waals surface area contributed by atoms with Gasteiger partial charge in [-0.25, -0.2) is 4.79 Å². The van der Waals surface area contributed by atoms with Gasteiger partial charge in [-0.05, 0) is 13.3 Å². The molecule has 0 spiro atoms. The lowest BCUT2D eigenvalue weighted by atomic mass is 9.79. The Kier molecular flexibility index (Phi) is 7.32. The molecule has 1 unspecified atom stereocenters. The average Bonchev–Trinajstić information content (AvgIpc) is 3.35. The number of aliphatic carboxylic acids is 1. The van der Waals surface area contributed by atoms with Crippen LogP contribution >= 0.6 is 11.8 Å². The second-order valence-corrected chi connectivity index (χ2v) is 11.1. The van der Waals surface area contributed by atoms with Gasteiger partial charge < -0.3 is 41.1 Å². The van der Waals surface area contributed by atoms with Crippen LogP contribution in [0.5, 0.6) is 0 Å². The number of aliphatic hydroxyl groups excluding tert-OH is 2. The van der Waals surface area contributed by atoms with Crippen molar-refractivity contribution < 1.29 is 29.7 Å². The van der Waals surface area contributed by atoms with Gasteiger partial charge in [-0.15, -0.1) is 11.8 Å². The summed E-state index contributed by atoms with van der Waals surface area (Å²) in [5, 5.41) is 41.2. The summed E-state index contributed by atoms with van der Waals surface area (Å²) in [4.78, 5) is 42.5. The zero-order chi connectivity index (χ0) is 25.6. The monoisotopic (exact) mass is 510 g/mol. The first-order chi connectivity index (χ1) is 16.5. The number of fused-ring (bicyclic) bond motifs is 1. The molecule has 7 N–H and O–H groups in total. The summed E-state index contributed by atoms with van der Waals surface area (Å²) >= 11 is 1.41. The minimum atomic E-state index is -1.16. The predicted molar refractivity (Wildman–Crippen MR) is 128 cm³/mol. The first kappa shape index (κ1) is 25.7. The van der Waals surface area contributed by atoms with Crippen molar-refractivity contribution in [3.63, 3.8) is 0 Å². The van der Waals surface area contributed by atoms with Crippen LogP contribution in [0.3, 0.4) is 0 Å². The van der Waals surface area contributed by atoms with Crippen LogP contribution in [-0.2, 0) is 14.4 Å². The van der Waals surface area contributed by atoms with Gasteiger partial charge in [0.1, 0.15) is 5.70 Å².